The van der Waals surface area contributed by atoms with Gasteiger partial charge < -0.3 is 5.11 Å². The number of aryl methyl sites for hydroxylation is 1. The van der Waals surface area contributed by atoms with Gasteiger partial charge in [-0.05, 0) is 37.3 Å². The zero-order valence-corrected chi connectivity index (χ0v) is 9.44. The smallest absolute Gasteiger partial charge is 0.306 e. The Hall–Kier alpha value is -1.57. The summed E-state index contributed by atoms with van der Waals surface area (Å²) in [5.74, 6) is -0.853. The highest BCUT2D eigenvalue weighted by Gasteiger charge is 2.20. The van der Waals surface area contributed by atoms with Gasteiger partial charge in [-0.25, -0.2) is 0 Å². The number of hydrogen-bond donors (Lipinski definition) is 1. The fourth-order valence-electron chi connectivity index (χ4n) is 2.09. The average molecular weight is 216 g/mol. The highest BCUT2D eigenvalue weighted by Crippen LogP contribution is 2.30. The molecule has 2 nitrogen and oxygen atoms in total. The number of carbonyl (C=O) groups is 1. The zero-order valence-electron chi connectivity index (χ0n) is 9.44. The molecule has 0 heterocycles. The monoisotopic (exact) mass is 216 g/mol. The molecular weight excluding hydrogens is 200 g/mol. The predicted octanol–water partition coefficient (Wildman–Crippen LogP) is 3.26. The molecule has 0 saturated heterocycles. The lowest BCUT2D eigenvalue weighted by Gasteiger charge is -2.18. The van der Waals surface area contributed by atoms with Crippen LogP contribution in [0.15, 0.2) is 30.3 Å². The number of hydrogen-bond acceptors (Lipinski definition) is 1. The number of aliphatic carboxylic acids is 1. The van der Waals surface area contributed by atoms with Gasteiger partial charge in [0, 0.05) is 0 Å². The molecule has 16 heavy (non-hydrogen) atoms. The van der Waals surface area contributed by atoms with E-state index in [0.717, 1.165) is 12.8 Å². The lowest BCUT2D eigenvalue weighted by atomic mass is 9.86. The van der Waals surface area contributed by atoms with Gasteiger partial charge in [0.25, 0.3) is 0 Å². The van der Waals surface area contributed by atoms with E-state index in [1.54, 1.807) is 0 Å². The third-order valence-corrected chi connectivity index (χ3v) is 3.18. The number of rotatable bonds is 2. The summed E-state index contributed by atoms with van der Waals surface area (Å²) in [5, 5.41) is 8.90. The zero-order chi connectivity index (χ0) is 11.5. The first kappa shape index (κ1) is 10.9. The summed E-state index contributed by atoms with van der Waals surface area (Å²) in [6.07, 6.45) is 4.38. The fourth-order valence-corrected chi connectivity index (χ4v) is 2.09. The van der Waals surface area contributed by atoms with Gasteiger partial charge in [0.15, 0.2) is 0 Å². The first-order valence-corrected chi connectivity index (χ1v) is 5.65. The highest BCUT2D eigenvalue weighted by atomic mass is 16.4. The van der Waals surface area contributed by atoms with E-state index in [1.807, 2.05) is 0 Å². The predicted molar refractivity (Wildman–Crippen MR) is 64.1 cm³/mol. The van der Waals surface area contributed by atoms with E-state index in [-0.39, 0.29) is 5.92 Å². The quantitative estimate of drug-likeness (QED) is 0.823. The molecule has 1 aliphatic rings. The third kappa shape index (κ3) is 2.32. The normalized spacial score (nSPS) is 20.3. The van der Waals surface area contributed by atoms with Gasteiger partial charge in [-0.1, -0.05) is 35.9 Å². The van der Waals surface area contributed by atoms with E-state index in [4.69, 9.17) is 5.11 Å². The number of benzene rings is 1. The van der Waals surface area contributed by atoms with Gasteiger partial charge in [-0.2, -0.15) is 0 Å². The van der Waals surface area contributed by atoms with Crippen molar-refractivity contribution in [2.24, 2.45) is 5.92 Å². The Morgan fingerprint density at radius 2 is 2.00 bits per heavy atom. The molecule has 1 unspecified atom stereocenters. The van der Waals surface area contributed by atoms with Gasteiger partial charge in [0.2, 0.25) is 0 Å². The summed E-state index contributed by atoms with van der Waals surface area (Å²) in [6.45, 7) is 2.07. The van der Waals surface area contributed by atoms with Crippen LogP contribution in [0, 0.1) is 12.8 Å². The van der Waals surface area contributed by atoms with Crippen molar-refractivity contribution in [3.63, 3.8) is 0 Å². The topological polar surface area (TPSA) is 37.3 Å². The van der Waals surface area contributed by atoms with Crippen molar-refractivity contribution in [2.75, 3.05) is 0 Å². The van der Waals surface area contributed by atoms with E-state index in [0.29, 0.717) is 6.42 Å². The minimum Gasteiger partial charge on any atom is -0.481 e. The molecule has 1 aromatic rings. The third-order valence-electron chi connectivity index (χ3n) is 3.18. The Balaban J connectivity index is 2.13. The summed E-state index contributed by atoms with van der Waals surface area (Å²) in [4.78, 5) is 10.8. The van der Waals surface area contributed by atoms with E-state index >= 15 is 0 Å². The van der Waals surface area contributed by atoms with Gasteiger partial charge >= 0.3 is 5.97 Å². The molecule has 0 saturated carbocycles. The maximum atomic E-state index is 10.8. The van der Waals surface area contributed by atoms with Crippen LogP contribution < -0.4 is 0 Å². The van der Waals surface area contributed by atoms with Crippen LogP contribution in [0.2, 0.25) is 0 Å². The van der Waals surface area contributed by atoms with Gasteiger partial charge in [0.05, 0.1) is 5.92 Å². The molecule has 1 N–H and O–H groups in total. The van der Waals surface area contributed by atoms with Crippen molar-refractivity contribution in [1.29, 1.82) is 0 Å². The molecule has 0 amide bonds. The van der Waals surface area contributed by atoms with Crippen molar-refractivity contribution in [3.05, 3.63) is 41.5 Å². The first-order chi connectivity index (χ1) is 7.66. The highest BCUT2D eigenvalue weighted by molar-refractivity contribution is 5.74. The molecule has 1 atom stereocenters. The number of carboxylic acid groups (broad SMARTS) is 1. The molecule has 84 valence electrons. The molecule has 0 bridgehead atoms. The van der Waals surface area contributed by atoms with Gasteiger partial charge in [-0.3, -0.25) is 4.79 Å². The molecule has 0 aliphatic heterocycles. The fraction of sp³-hybridized carbons (Fsp3) is 0.357. The second-order valence-corrected chi connectivity index (χ2v) is 4.40. The largest absolute Gasteiger partial charge is 0.481 e. The Morgan fingerprint density at radius 3 is 2.50 bits per heavy atom. The average Bonchev–Trinajstić information content (AvgIpc) is 2.30. The molecule has 1 aromatic carbocycles. The Bertz CT molecular complexity index is 415. The molecule has 0 fully saturated rings. The first-order valence-electron chi connectivity index (χ1n) is 5.65. The van der Waals surface area contributed by atoms with Crippen LogP contribution in [0.1, 0.15) is 30.4 Å². The molecule has 2 rings (SSSR count). The number of allylic oxidation sites excluding steroid dienone is 2. The van der Waals surface area contributed by atoms with Crippen LogP contribution >= 0.6 is 0 Å². The summed E-state index contributed by atoms with van der Waals surface area (Å²) in [5.41, 5.74) is 3.77. The van der Waals surface area contributed by atoms with Gasteiger partial charge in [-0.15, -0.1) is 0 Å². The summed E-state index contributed by atoms with van der Waals surface area (Å²) < 4.78 is 0. The summed E-state index contributed by atoms with van der Waals surface area (Å²) in [6, 6.07) is 8.42. The van der Waals surface area contributed by atoms with Crippen LogP contribution in [0.25, 0.3) is 5.57 Å². The Morgan fingerprint density at radius 1 is 1.31 bits per heavy atom. The lowest BCUT2D eigenvalue weighted by Crippen LogP contribution is -2.15. The van der Waals surface area contributed by atoms with E-state index in [1.165, 1.54) is 16.7 Å². The van der Waals surface area contributed by atoms with E-state index in [2.05, 4.69) is 37.3 Å². The summed E-state index contributed by atoms with van der Waals surface area (Å²) >= 11 is 0. The van der Waals surface area contributed by atoms with Crippen LogP contribution in [0.5, 0.6) is 0 Å². The summed E-state index contributed by atoms with van der Waals surface area (Å²) in [7, 11) is 0. The molecule has 0 aromatic heterocycles. The lowest BCUT2D eigenvalue weighted by molar-refractivity contribution is -0.141. The maximum Gasteiger partial charge on any atom is 0.306 e. The Labute approximate surface area is 95.6 Å². The number of carboxylic acids is 1. The Kier molecular flexibility index (Phi) is 3.09. The molecule has 0 spiro atoms. The molecule has 2 heteroatoms. The minimum atomic E-state index is -0.667. The van der Waals surface area contributed by atoms with Crippen LogP contribution in [0.3, 0.4) is 0 Å². The standard InChI is InChI=1S/C14H16O2/c1-10-2-4-11(5-3-10)12-6-8-13(9-7-12)14(15)16/h2-6,13H,7-9H2,1H3,(H,15,16). The SMILES string of the molecule is Cc1ccc(C2=CCC(C(=O)O)CC2)cc1. The molecular formula is C14H16O2. The molecule has 1 aliphatic carbocycles. The van der Waals surface area contributed by atoms with Gasteiger partial charge in [0.1, 0.15) is 0 Å². The van der Waals surface area contributed by atoms with Crippen molar-refractivity contribution in [1.82, 2.24) is 0 Å². The van der Waals surface area contributed by atoms with Crippen molar-refractivity contribution in [2.45, 2.75) is 26.2 Å². The van der Waals surface area contributed by atoms with E-state index < -0.39 is 5.97 Å². The molecule has 0 radical (unpaired) electrons. The van der Waals surface area contributed by atoms with E-state index in [9.17, 15) is 4.79 Å². The van der Waals surface area contributed by atoms with Crippen LogP contribution in [-0.4, -0.2) is 11.1 Å². The van der Waals surface area contributed by atoms with Crippen molar-refractivity contribution >= 4 is 11.5 Å². The van der Waals surface area contributed by atoms with Crippen LogP contribution in [-0.2, 0) is 4.79 Å². The minimum absolute atomic E-state index is 0.186. The maximum absolute atomic E-state index is 10.8. The second kappa shape index (κ2) is 4.52. The van der Waals surface area contributed by atoms with Crippen LogP contribution in [0.4, 0.5) is 0 Å². The second-order valence-electron chi connectivity index (χ2n) is 4.40. The van der Waals surface area contributed by atoms with Crippen molar-refractivity contribution in [3.8, 4) is 0 Å². The van der Waals surface area contributed by atoms with Crippen molar-refractivity contribution < 1.29 is 9.90 Å².